The fourth-order valence-electron chi connectivity index (χ4n) is 1.50. The summed E-state index contributed by atoms with van der Waals surface area (Å²) in [6, 6.07) is 5.59. The van der Waals surface area contributed by atoms with Gasteiger partial charge < -0.3 is 14.6 Å². The minimum absolute atomic E-state index is 0.670. The number of ether oxygens (including phenoxy) is 2. The zero-order valence-corrected chi connectivity index (χ0v) is 10.4. The number of rotatable bonds is 3. The molecule has 2 rings (SSSR count). The number of halogens is 1. The topological polar surface area (TPSA) is 38.7 Å². The van der Waals surface area contributed by atoms with E-state index in [-0.39, 0.29) is 0 Å². The van der Waals surface area contributed by atoms with Crippen molar-refractivity contribution in [2.24, 2.45) is 0 Å². The van der Waals surface area contributed by atoms with Gasteiger partial charge in [-0.3, -0.25) is 0 Å². The molecule has 0 amide bonds. The van der Waals surface area contributed by atoms with Gasteiger partial charge in [-0.05, 0) is 17.5 Å². The second-order valence-corrected chi connectivity index (χ2v) is 4.76. The molecule has 0 radical (unpaired) electrons. The van der Waals surface area contributed by atoms with E-state index in [1.54, 1.807) is 14.2 Å². The monoisotopic (exact) mass is 258 g/mol. The first-order valence-corrected chi connectivity index (χ1v) is 5.88. The van der Waals surface area contributed by atoms with E-state index in [9.17, 15) is 5.11 Å². The third-order valence-electron chi connectivity index (χ3n) is 2.28. The highest BCUT2D eigenvalue weighted by Gasteiger charge is 2.12. The first-order valence-electron chi connectivity index (χ1n) is 4.63. The number of benzene rings is 1. The minimum atomic E-state index is -0.964. The lowest BCUT2D eigenvalue weighted by molar-refractivity contribution is 0.267. The Balaban J connectivity index is 2.60. The van der Waals surface area contributed by atoms with Crippen molar-refractivity contribution in [1.82, 2.24) is 0 Å². The molecule has 1 heterocycles. The summed E-state index contributed by atoms with van der Waals surface area (Å²) in [5.74, 6) is 1.34. The van der Waals surface area contributed by atoms with Gasteiger partial charge in [0.1, 0.15) is 0 Å². The van der Waals surface area contributed by atoms with E-state index in [2.05, 4.69) is 0 Å². The molecule has 2 aromatic rings. The number of hydrogen-bond acceptors (Lipinski definition) is 4. The van der Waals surface area contributed by atoms with Gasteiger partial charge in [0.25, 0.3) is 0 Å². The molecule has 1 atom stereocenters. The summed E-state index contributed by atoms with van der Waals surface area (Å²) in [6.07, 6.45) is 0. The summed E-state index contributed by atoms with van der Waals surface area (Å²) < 4.78 is 11.4. The number of thiophene rings is 1. The van der Waals surface area contributed by atoms with E-state index >= 15 is 0 Å². The van der Waals surface area contributed by atoms with Crippen molar-refractivity contribution in [3.8, 4) is 11.5 Å². The van der Waals surface area contributed by atoms with Crippen molar-refractivity contribution in [3.63, 3.8) is 0 Å². The van der Waals surface area contributed by atoms with Gasteiger partial charge in [0.2, 0.25) is 0 Å². The predicted octanol–water partition coefficient (Wildman–Crippen LogP) is 3.15. The zero-order chi connectivity index (χ0) is 11.7. The molecule has 0 saturated carbocycles. The molecule has 0 spiro atoms. The van der Waals surface area contributed by atoms with Crippen LogP contribution < -0.4 is 9.47 Å². The highest BCUT2D eigenvalue weighted by molar-refractivity contribution is 7.19. The first-order chi connectivity index (χ1) is 7.65. The van der Waals surface area contributed by atoms with Gasteiger partial charge in [0.15, 0.2) is 17.1 Å². The second-order valence-electron chi connectivity index (χ2n) is 3.23. The van der Waals surface area contributed by atoms with Crippen LogP contribution in [0.3, 0.4) is 0 Å². The Morgan fingerprint density at radius 3 is 2.38 bits per heavy atom. The largest absolute Gasteiger partial charge is 0.493 e. The van der Waals surface area contributed by atoms with Crippen LogP contribution in [0.25, 0.3) is 10.1 Å². The van der Waals surface area contributed by atoms with Crippen LogP contribution in [0.2, 0.25) is 0 Å². The molecule has 0 saturated heterocycles. The maximum absolute atomic E-state index is 9.29. The van der Waals surface area contributed by atoms with E-state index in [4.69, 9.17) is 21.1 Å². The Hall–Kier alpha value is -0.970. The maximum Gasteiger partial charge on any atom is 0.162 e. The summed E-state index contributed by atoms with van der Waals surface area (Å²) in [5.41, 5.74) is -0.964. The second kappa shape index (κ2) is 4.49. The molecule has 0 aliphatic carbocycles. The Kier molecular flexibility index (Phi) is 3.23. The molecule has 1 aromatic carbocycles. The number of aliphatic hydroxyl groups excluding tert-OH is 1. The number of alkyl halides is 1. The normalized spacial score (nSPS) is 12.8. The molecule has 0 aliphatic heterocycles. The number of hydrogen-bond donors (Lipinski definition) is 1. The molecule has 1 N–H and O–H groups in total. The first kappa shape index (κ1) is 11.5. The minimum Gasteiger partial charge on any atom is -0.493 e. The summed E-state index contributed by atoms with van der Waals surface area (Å²) in [4.78, 5) is 0.715. The van der Waals surface area contributed by atoms with Crippen molar-refractivity contribution in [2.75, 3.05) is 14.2 Å². The lowest BCUT2D eigenvalue weighted by Gasteiger charge is -2.06. The Morgan fingerprint density at radius 2 is 1.81 bits per heavy atom. The average molecular weight is 259 g/mol. The average Bonchev–Trinajstić information content (AvgIpc) is 2.69. The highest BCUT2D eigenvalue weighted by atomic mass is 35.5. The number of fused-ring (bicyclic) bond motifs is 1. The van der Waals surface area contributed by atoms with E-state index in [0.29, 0.717) is 16.4 Å². The number of methoxy groups -OCH3 is 2. The molecule has 86 valence electrons. The van der Waals surface area contributed by atoms with Crippen molar-refractivity contribution >= 4 is 33.0 Å². The van der Waals surface area contributed by atoms with Crippen molar-refractivity contribution in [3.05, 3.63) is 23.1 Å². The molecular formula is C11H11ClO3S. The van der Waals surface area contributed by atoms with Gasteiger partial charge in [-0.2, -0.15) is 0 Å². The van der Waals surface area contributed by atoms with Crippen molar-refractivity contribution < 1.29 is 14.6 Å². The molecule has 1 unspecified atom stereocenters. The van der Waals surface area contributed by atoms with Crippen molar-refractivity contribution in [1.29, 1.82) is 0 Å². The smallest absolute Gasteiger partial charge is 0.162 e. The summed E-state index contributed by atoms with van der Waals surface area (Å²) in [6.45, 7) is 0. The quantitative estimate of drug-likeness (QED) is 0.860. The lowest BCUT2D eigenvalue weighted by atomic mass is 10.2. The third-order valence-corrected chi connectivity index (χ3v) is 3.79. The third kappa shape index (κ3) is 1.96. The Morgan fingerprint density at radius 1 is 1.19 bits per heavy atom. The van der Waals surface area contributed by atoms with Crippen LogP contribution >= 0.6 is 22.9 Å². The summed E-state index contributed by atoms with van der Waals surface area (Å²) in [5, 5.41) is 10.3. The Labute approximate surface area is 102 Å². The van der Waals surface area contributed by atoms with Gasteiger partial charge in [-0.15, -0.1) is 11.3 Å². The SMILES string of the molecule is COc1cc2cc(C(O)Cl)sc2cc1OC. The van der Waals surface area contributed by atoms with Gasteiger partial charge in [-0.25, -0.2) is 0 Å². The summed E-state index contributed by atoms with van der Waals surface area (Å²) >= 11 is 7.06. The van der Waals surface area contributed by atoms with E-state index in [0.717, 1.165) is 10.1 Å². The molecule has 16 heavy (non-hydrogen) atoms. The van der Waals surface area contributed by atoms with Crippen LogP contribution in [0, 0.1) is 0 Å². The van der Waals surface area contributed by atoms with Gasteiger partial charge in [-0.1, -0.05) is 11.6 Å². The fourth-order valence-corrected chi connectivity index (χ4v) is 2.64. The molecule has 3 nitrogen and oxygen atoms in total. The lowest BCUT2D eigenvalue weighted by Crippen LogP contribution is -1.89. The zero-order valence-electron chi connectivity index (χ0n) is 8.86. The number of aliphatic hydroxyl groups is 1. The van der Waals surface area contributed by atoms with Crippen LogP contribution in [0.4, 0.5) is 0 Å². The highest BCUT2D eigenvalue weighted by Crippen LogP contribution is 2.38. The van der Waals surface area contributed by atoms with E-state index < -0.39 is 5.56 Å². The summed E-state index contributed by atoms with van der Waals surface area (Å²) in [7, 11) is 3.18. The van der Waals surface area contributed by atoms with E-state index in [1.807, 2.05) is 18.2 Å². The molecular weight excluding hydrogens is 248 g/mol. The molecule has 5 heteroatoms. The molecule has 0 bridgehead atoms. The van der Waals surface area contributed by atoms with Crippen LogP contribution in [0.1, 0.15) is 10.4 Å². The standard InChI is InChI=1S/C11H11ClO3S/c1-14-7-3-6-4-10(11(12)13)16-9(6)5-8(7)15-2/h3-5,11,13H,1-2H3. The van der Waals surface area contributed by atoms with Gasteiger partial charge in [0, 0.05) is 15.6 Å². The van der Waals surface area contributed by atoms with Crippen LogP contribution in [0.5, 0.6) is 11.5 Å². The van der Waals surface area contributed by atoms with Crippen molar-refractivity contribution in [2.45, 2.75) is 5.56 Å². The van der Waals surface area contributed by atoms with Crippen LogP contribution in [0.15, 0.2) is 18.2 Å². The maximum atomic E-state index is 9.29. The molecule has 0 fully saturated rings. The van der Waals surface area contributed by atoms with Gasteiger partial charge in [0.05, 0.1) is 14.2 Å². The van der Waals surface area contributed by atoms with Crippen LogP contribution in [-0.2, 0) is 0 Å². The molecule has 0 aliphatic rings. The van der Waals surface area contributed by atoms with Crippen LogP contribution in [-0.4, -0.2) is 19.3 Å². The van der Waals surface area contributed by atoms with E-state index in [1.165, 1.54) is 11.3 Å². The Bertz CT molecular complexity index is 466. The predicted molar refractivity (Wildman–Crippen MR) is 65.7 cm³/mol. The fraction of sp³-hybridized carbons (Fsp3) is 0.273. The van der Waals surface area contributed by atoms with Gasteiger partial charge >= 0.3 is 0 Å². The molecule has 1 aromatic heterocycles.